The Labute approximate surface area is 135 Å². The van der Waals surface area contributed by atoms with Crippen LogP contribution in [0.15, 0.2) is 36.7 Å². The minimum absolute atomic E-state index is 0.482. The number of benzene rings is 1. The van der Waals surface area contributed by atoms with Gasteiger partial charge in [0.15, 0.2) is 0 Å². The van der Waals surface area contributed by atoms with Gasteiger partial charge in [-0.1, -0.05) is 23.7 Å². The number of allylic oxidation sites excluding steroid dienone is 1. The summed E-state index contributed by atoms with van der Waals surface area (Å²) >= 11 is 5.96. The monoisotopic (exact) mass is 314 g/mol. The molecule has 1 fully saturated rings. The largest absolute Gasteiger partial charge is 0.388 e. The molecular formula is C17H19ClN4. The summed E-state index contributed by atoms with van der Waals surface area (Å²) in [6.45, 7) is 2.10. The number of nitrogens with zero attached hydrogens (tertiary/aromatic N) is 1. The van der Waals surface area contributed by atoms with Crippen molar-refractivity contribution >= 4 is 34.2 Å². The lowest BCUT2D eigenvalue weighted by Crippen LogP contribution is -2.37. The minimum Gasteiger partial charge on any atom is -0.388 e. The van der Waals surface area contributed by atoms with Gasteiger partial charge in [0.2, 0.25) is 0 Å². The quantitative estimate of drug-likeness (QED) is 0.600. The molecule has 1 aliphatic rings. The van der Waals surface area contributed by atoms with Gasteiger partial charge in [-0.05, 0) is 49.0 Å². The number of hydrogen-bond acceptors (Lipinski definition) is 4. The van der Waals surface area contributed by atoms with Gasteiger partial charge in [0.25, 0.3) is 0 Å². The molecule has 3 N–H and O–H groups in total. The van der Waals surface area contributed by atoms with E-state index in [9.17, 15) is 0 Å². The summed E-state index contributed by atoms with van der Waals surface area (Å²) in [5.41, 5.74) is 1.87. The number of aromatic nitrogens is 1. The van der Waals surface area contributed by atoms with Crippen molar-refractivity contribution in [2.75, 3.05) is 13.1 Å². The fraction of sp³-hybridized carbons (Fsp3) is 0.294. The third kappa shape index (κ3) is 3.46. The highest BCUT2D eigenvalue weighted by atomic mass is 35.5. The van der Waals surface area contributed by atoms with E-state index in [-0.39, 0.29) is 0 Å². The molecule has 1 aliphatic heterocycles. The summed E-state index contributed by atoms with van der Waals surface area (Å²) in [6.07, 6.45) is 7.33. The molecule has 1 saturated heterocycles. The van der Waals surface area contributed by atoms with Gasteiger partial charge in [-0.2, -0.15) is 0 Å². The topological polar surface area (TPSA) is 60.8 Å². The van der Waals surface area contributed by atoms with Gasteiger partial charge in [0.05, 0.1) is 0 Å². The Kier molecular flexibility index (Phi) is 4.71. The summed E-state index contributed by atoms with van der Waals surface area (Å²) in [7, 11) is 0. The van der Waals surface area contributed by atoms with E-state index in [1.165, 1.54) is 6.21 Å². The number of rotatable bonds is 4. The highest BCUT2D eigenvalue weighted by Crippen LogP contribution is 2.22. The van der Waals surface area contributed by atoms with Crippen LogP contribution in [0, 0.1) is 5.41 Å². The molecule has 1 aromatic carbocycles. The van der Waals surface area contributed by atoms with E-state index in [4.69, 9.17) is 17.0 Å². The van der Waals surface area contributed by atoms with E-state index in [0.717, 1.165) is 47.8 Å². The first-order valence-corrected chi connectivity index (χ1v) is 7.87. The van der Waals surface area contributed by atoms with Crippen molar-refractivity contribution in [1.29, 1.82) is 5.41 Å². The molecule has 4 nitrogen and oxygen atoms in total. The standard InChI is InChI=1S/C17H19ClN4/c18-17-8-14-7-12(1-2-13(14)10-22-17)15(9-19)11-21-16-3-5-20-6-4-16/h1-2,7-11,16,19-21H,3-6H2/b15-11+,19-9?. The molecule has 0 spiro atoms. The summed E-state index contributed by atoms with van der Waals surface area (Å²) < 4.78 is 0. The lowest BCUT2D eigenvalue weighted by molar-refractivity contribution is 0.420. The van der Waals surface area contributed by atoms with Crippen LogP contribution in [-0.2, 0) is 0 Å². The zero-order chi connectivity index (χ0) is 15.4. The maximum Gasteiger partial charge on any atom is 0.129 e. The number of pyridine rings is 1. The maximum atomic E-state index is 7.68. The highest BCUT2D eigenvalue weighted by molar-refractivity contribution is 6.30. The van der Waals surface area contributed by atoms with Gasteiger partial charge in [-0.15, -0.1) is 0 Å². The van der Waals surface area contributed by atoms with E-state index in [0.29, 0.717) is 11.2 Å². The van der Waals surface area contributed by atoms with E-state index >= 15 is 0 Å². The van der Waals surface area contributed by atoms with Gasteiger partial charge in [-0.3, -0.25) is 0 Å². The molecule has 1 aromatic heterocycles. The van der Waals surface area contributed by atoms with Crippen LogP contribution in [-0.4, -0.2) is 30.3 Å². The van der Waals surface area contributed by atoms with E-state index in [2.05, 4.69) is 15.6 Å². The van der Waals surface area contributed by atoms with Crippen LogP contribution >= 0.6 is 11.6 Å². The van der Waals surface area contributed by atoms with Crippen molar-refractivity contribution in [3.63, 3.8) is 0 Å². The zero-order valence-corrected chi connectivity index (χ0v) is 13.0. The molecule has 0 atom stereocenters. The third-order valence-electron chi connectivity index (χ3n) is 3.99. The van der Waals surface area contributed by atoms with Crippen LogP contribution in [0.2, 0.25) is 5.15 Å². The van der Waals surface area contributed by atoms with Crippen molar-refractivity contribution in [2.45, 2.75) is 18.9 Å². The molecule has 3 rings (SSSR count). The van der Waals surface area contributed by atoms with Gasteiger partial charge in [0.1, 0.15) is 5.15 Å². The number of halogens is 1. The first-order chi connectivity index (χ1) is 10.8. The second kappa shape index (κ2) is 6.90. The molecule has 22 heavy (non-hydrogen) atoms. The molecule has 2 heterocycles. The van der Waals surface area contributed by atoms with Crippen molar-refractivity contribution in [2.24, 2.45) is 0 Å². The Hall–Kier alpha value is -1.91. The van der Waals surface area contributed by atoms with E-state index in [1.54, 1.807) is 6.20 Å². The Morgan fingerprint density at radius 1 is 1.27 bits per heavy atom. The molecule has 114 valence electrons. The molecule has 0 amide bonds. The van der Waals surface area contributed by atoms with Gasteiger partial charge in [-0.25, -0.2) is 4.98 Å². The molecule has 0 saturated carbocycles. The average molecular weight is 315 g/mol. The van der Waals surface area contributed by atoms with Gasteiger partial charge < -0.3 is 16.0 Å². The second-order valence-corrected chi connectivity index (χ2v) is 5.89. The Morgan fingerprint density at radius 2 is 2.09 bits per heavy atom. The van der Waals surface area contributed by atoms with Crippen molar-refractivity contribution < 1.29 is 0 Å². The molecule has 0 aliphatic carbocycles. The van der Waals surface area contributed by atoms with Crippen LogP contribution in [0.4, 0.5) is 0 Å². The van der Waals surface area contributed by atoms with Crippen molar-refractivity contribution in [1.82, 2.24) is 15.6 Å². The fourth-order valence-electron chi connectivity index (χ4n) is 2.70. The summed E-state index contributed by atoms with van der Waals surface area (Å²) in [5.74, 6) is 0. The van der Waals surface area contributed by atoms with Crippen LogP contribution in [0.25, 0.3) is 16.3 Å². The predicted octanol–water partition coefficient (Wildman–Crippen LogP) is 3.22. The van der Waals surface area contributed by atoms with Crippen molar-refractivity contribution in [3.8, 4) is 0 Å². The minimum atomic E-state index is 0.482. The normalized spacial score (nSPS) is 16.7. The molecular weight excluding hydrogens is 296 g/mol. The fourth-order valence-corrected chi connectivity index (χ4v) is 2.86. The first-order valence-electron chi connectivity index (χ1n) is 7.49. The summed E-state index contributed by atoms with van der Waals surface area (Å²) in [6, 6.07) is 8.40. The Balaban J connectivity index is 1.84. The molecule has 0 bridgehead atoms. The first kappa shape index (κ1) is 15.0. The molecule has 0 unspecified atom stereocenters. The van der Waals surface area contributed by atoms with E-state index < -0.39 is 0 Å². The lowest BCUT2D eigenvalue weighted by atomic mass is 10.0. The number of hydrogen-bond donors (Lipinski definition) is 3. The smallest absolute Gasteiger partial charge is 0.129 e. The van der Waals surface area contributed by atoms with Crippen LogP contribution in [0.5, 0.6) is 0 Å². The van der Waals surface area contributed by atoms with Crippen molar-refractivity contribution in [3.05, 3.63) is 47.4 Å². The number of piperidine rings is 1. The average Bonchev–Trinajstić information content (AvgIpc) is 2.56. The highest BCUT2D eigenvalue weighted by Gasteiger charge is 2.11. The van der Waals surface area contributed by atoms with Crippen LogP contribution < -0.4 is 10.6 Å². The second-order valence-electron chi connectivity index (χ2n) is 5.50. The van der Waals surface area contributed by atoms with E-state index in [1.807, 2.05) is 30.5 Å². The molecule has 5 heteroatoms. The van der Waals surface area contributed by atoms with Crippen LogP contribution in [0.3, 0.4) is 0 Å². The third-order valence-corrected chi connectivity index (χ3v) is 4.20. The molecule has 2 aromatic rings. The summed E-state index contributed by atoms with van der Waals surface area (Å²) in [5, 5.41) is 17.0. The number of nitrogens with one attached hydrogen (secondary N) is 3. The Morgan fingerprint density at radius 3 is 2.86 bits per heavy atom. The maximum absolute atomic E-state index is 7.68. The lowest BCUT2D eigenvalue weighted by Gasteiger charge is -2.23. The SMILES string of the molecule is N=C/C(=C\NC1CCNCC1)c1ccc2cnc(Cl)cc2c1. The number of fused-ring (bicyclic) bond motifs is 1. The van der Waals surface area contributed by atoms with Gasteiger partial charge >= 0.3 is 0 Å². The summed E-state index contributed by atoms with van der Waals surface area (Å²) in [4.78, 5) is 4.09. The predicted molar refractivity (Wildman–Crippen MR) is 92.5 cm³/mol. The van der Waals surface area contributed by atoms with Crippen LogP contribution in [0.1, 0.15) is 18.4 Å². The molecule has 0 radical (unpaired) electrons. The zero-order valence-electron chi connectivity index (χ0n) is 12.3. The Bertz CT molecular complexity index is 705. The van der Waals surface area contributed by atoms with Gasteiger partial charge in [0, 0.05) is 35.6 Å².